The van der Waals surface area contributed by atoms with Crippen LogP contribution in [0.5, 0.6) is 0 Å². The van der Waals surface area contributed by atoms with E-state index >= 15 is 0 Å². The normalized spacial score (nSPS) is 11.1. The van der Waals surface area contributed by atoms with Gasteiger partial charge >= 0.3 is 5.37 Å². The fraction of sp³-hybridized carbons (Fsp3) is 0.125. The summed E-state index contributed by atoms with van der Waals surface area (Å²) in [5.74, 6) is 0. The standard InChI is InChI=1S/C8H9ClN2O3S/c1-11(8(9)12)6-4-2-3-5-7(6)15(10,13)14/h2-5H,1H3,(H2,10,13,14). The van der Waals surface area contributed by atoms with Crippen molar-refractivity contribution >= 4 is 32.7 Å². The van der Waals surface area contributed by atoms with Gasteiger partial charge in [-0.2, -0.15) is 0 Å². The van der Waals surface area contributed by atoms with Crippen LogP contribution in [-0.4, -0.2) is 20.8 Å². The Balaban J connectivity index is 3.37. The molecule has 0 spiro atoms. The van der Waals surface area contributed by atoms with Gasteiger partial charge in [0.1, 0.15) is 4.90 Å². The van der Waals surface area contributed by atoms with Gasteiger partial charge in [0.15, 0.2) is 0 Å². The summed E-state index contributed by atoms with van der Waals surface area (Å²) in [7, 11) is -2.50. The number of nitrogens with zero attached hydrogens (tertiary/aromatic N) is 1. The number of carbonyl (C=O) groups excluding carboxylic acids is 1. The summed E-state index contributed by atoms with van der Waals surface area (Å²) in [5, 5.41) is 4.20. The molecule has 0 aliphatic rings. The van der Waals surface area contributed by atoms with Crippen molar-refractivity contribution in [2.45, 2.75) is 4.90 Å². The third-order valence-electron chi connectivity index (χ3n) is 1.80. The van der Waals surface area contributed by atoms with Gasteiger partial charge in [0, 0.05) is 7.05 Å². The van der Waals surface area contributed by atoms with Crippen LogP contribution in [0.2, 0.25) is 0 Å². The zero-order valence-electron chi connectivity index (χ0n) is 7.84. The molecule has 1 rings (SSSR count). The second kappa shape index (κ2) is 4.18. The van der Waals surface area contributed by atoms with Crippen molar-refractivity contribution in [3.8, 4) is 0 Å². The van der Waals surface area contributed by atoms with E-state index in [0.29, 0.717) is 0 Å². The molecule has 1 aromatic rings. The maximum absolute atomic E-state index is 11.2. The number of hydrogen-bond acceptors (Lipinski definition) is 3. The summed E-state index contributed by atoms with van der Waals surface area (Å²) in [4.78, 5) is 11.7. The van der Waals surface area contributed by atoms with Crippen LogP contribution in [0.25, 0.3) is 0 Å². The molecule has 0 saturated carbocycles. The lowest BCUT2D eigenvalue weighted by molar-refractivity contribution is 0.265. The third-order valence-corrected chi connectivity index (χ3v) is 3.01. The molecule has 0 atom stereocenters. The molecule has 0 unspecified atom stereocenters. The summed E-state index contributed by atoms with van der Waals surface area (Å²) in [5.41, 5.74) is 0.153. The van der Waals surface area contributed by atoms with Crippen LogP contribution >= 0.6 is 11.6 Å². The van der Waals surface area contributed by atoms with E-state index in [-0.39, 0.29) is 10.6 Å². The number of hydrogen-bond donors (Lipinski definition) is 1. The number of anilines is 1. The van der Waals surface area contributed by atoms with Gasteiger partial charge in [-0.1, -0.05) is 12.1 Å². The molecular formula is C8H9ClN2O3S. The van der Waals surface area contributed by atoms with Crippen molar-refractivity contribution in [1.29, 1.82) is 0 Å². The Labute approximate surface area is 92.5 Å². The molecule has 1 aromatic carbocycles. The molecule has 2 N–H and O–H groups in total. The quantitative estimate of drug-likeness (QED) is 0.629. The summed E-state index contributed by atoms with van der Waals surface area (Å²) in [6, 6.07) is 5.84. The zero-order valence-corrected chi connectivity index (χ0v) is 9.42. The SMILES string of the molecule is CN(C(=O)Cl)c1ccccc1S(N)(=O)=O. The third kappa shape index (κ3) is 2.68. The molecule has 0 radical (unpaired) electrons. The molecular weight excluding hydrogens is 240 g/mol. The summed E-state index contributed by atoms with van der Waals surface area (Å²) in [6.45, 7) is 0. The first-order valence-electron chi connectivity index (χ1n) is 3.89. The Morgan fingerprint density at radius 3 is 2.40 bits per heavy atom. The van der Waals surface area contributed by atoms with Crippen LogP contribution in [0.3, 0.4) is 0 Å². The van der Waals surface area contributed by atoms with Crippen molar-refractivity contribution in [1.82, 2.24) is 0 Å². The van der Waals surface area contributed by atoms with Gasteiger partial charge in [0.05, 0.1) is 5.69 Å². The summed E-state index contributed by atoms with van der Waals surface area (Å²) >= 11 is 5.24. The fourth-order valence-electron chi connectivity index (χ4n) is 1.07. The van der Waals surface area contributed by atoms with Crippen molar-refractivity contribution in [3.63, 3.8) is 0 Å². The Morgan fingerprint density at radius 2 is 1.93 bits per heavy atom. The van der Waals surface area contributed by atoms with E-state index in [2.05, 4.69) is 0 Å². The van der Waals surface area contributed by atoms with E-state index in [1.807, 2.05) is 0 Å². The van der Waals surface area contributed by atoms with Crippen LogP contribution in [0.15, 0.2) is 29.2 Å². The van der Waals surface area contributed by atoms with E-state index in [1.165, 1.54) is 25.2 Å². The summed E-state index contributed by atoms with van der Waals surface area (Å²) < 4.78 is 22.4. The second-order valence-corrected chi connectivity index (χ2v) is 4.68. The van der Waals surface area contributed by atoms with E-state index in [4.69, 9.17) is 16.7 Å². The molecule has 0 aromatic heterocycles. The number of para-hydroxylation sites is 1. The predicted molar refractivity (Wildman–Crippen MR) is 57.5 cm³/mol. The molecule has 0 saturated heterocycles. The molecule has 82 valence electrons. The summed E-state index contributed by atoms with van der Waals surface area (Å²) in [6.07, 6.45) is 0. The zero-order chi connectivity index (χ0) is 11.6. The molecule has 7 heteroatoms. The molecule has 15 heavy (non-hydrogen) atoms. The first-order chi connectivity index (χ1) is 6.84. The molecule has 0 aliphatic heterocycles. The Morgan fingerprint density at radius 1 is 1.40 bits per heavy atom. The van der Waals surface area contributed by atoms with Crippen LogP contribution in [-0.2, 0) is 10.0 Å². The largest absolute Gasteiger partial charge is 0.320 e. The topological polar surface area (TPSA) is 80.5 Å². The molecule has 0 aliphatic carbocycles. The highest BCUT2D eigenvalue weighted by Gasteiger charge is 2.18. The Hall–Kier alpha value is -1.11. The van der Waals surface area contributed by atoms with Gasteiger partial charge in [-0.05, 0) is 23.7 Å². The number of benzene rings is 1. The molecule has 0 bridgehead atoms. The lowest BCUT2D eigenvalue weighted by Crippen LogP contribution is -2.23. The molecule has 1 amide bonds. The van der Waals surface area contributed by atoms with Crippen molar-refractivity contribution < 1.29 is 13.2 Å². The highest BCUT2D eigenvalue weighted by Crippen LogP contribution is 2.23. The molecule has 5 nitrogen and oxygen atoms in total. The maximum atomic E-state index is 11.2. The van der Waals surface area contributed by atoms with Gasteiger partial charge in [-0.15, -0.1) is 0 Å². The Bertz CT molecular complexity index is 486. The van der Waals surface area contributed by atoms with E-state index in [0.717, 1.165) is 4.90 Å². The van der Waals surface area contributed by atoms with E-state index < -0.39 is 15.4 Å². The number of primary sulfonamides is 1. The predicted octanol–water partition coefficient (Wildman–Crippen LogP) is 1.13. The van der Waals surface area contributed by atoms with E-state index in [9.17, 15) is 13.2 Å². The van der Waals surface area contributed by atoms with Crippen LogP contribution in [0, 0.1) is 0 Å². The maximum Gasteiger partial charge on any atom is 0.320 e. The van der Waals surface area contributed by atoms with Gasteiger partial charge in [0.2, 0.25) is 10.0 Å². The van der Waals surface area contributed by atoms with Crippen LogP contribution in [0.4, 0.5) is 10.5 Å². The first-order valence-corrected chi connectivity index (χ1v) is 5.81. The van der Waals surface area contributed by atoms with E-state index in [1.54, 1.807) is 6.07 Å². The lowest BCUT2D eigenvalue weighted by Gasteiger charge is -2.16. The Kier molecular flexibility index (Phi) is 3.33. The monoisotopic (exact) mass is 248 g/mol. The van der Waals surface area contributed by atoms with Crippen LogP contribution < -0.4 is 10.0 Å². The van der Waals surface area contributed by atoms with Crippen LogP contribution in [0.1, 0.15) is 0 Å². The van der Waals surface area contributed by atoms with Gasteiger partial charge in [-0.25, -0.2) is 13.6 Å². The number of amides is 1. The minimum Gasteiger partial charge on any atom is -0.301 e. The number of nitrogens with two attached hydrogens (primary N) is 1. The molecule has 0 fully saturated rings. The highest BCUT2D eigenvalue weighted by molar-refractivity contribution is 7.89. The minimum atomic E-state index is -3.86. The highest BCUT2D eigenvalue weighted by atomic mass is 35.5. The minimum absolute atomic E-state index is 0.137. The second-order valence-electron chi connectivity index (χ2n) is 2.82. The molecule has 0 heterocycles. The number of sulfonamides is 1. The number of rotatable bonds is 2. The fourth-order valence-corrected chi connectivity index (χ4v) is 1.93. The number of carbonyl (C=O) groups is 1. The number of halogens is 1. The van der Waals surface area contributed by atoms with Gasteiger partial charge in [0.25, 0.3) is 0 Å². The van der Waals surface area contributed by atoms with Crippen molar-refractivity contribution in [3.05, 3.63) is 24.3 Å². The lowest BCUT2D eigenvalue weighted by atomic mass is 10.3. The van der Waals surface area contributed by atoms with Gasteiger partial charge in [-0.3, -0.25) is 4.79 Å². The van der Waals surface area contributed by atoms with Crippen molar-refractivity contribution in [2.24, 2.45) is 5.14 Å². The van der Waals surface area contributed by atoms with Crippen molar-refractivity contribution in [2.75, 3.05) is 11.9 Å². The first kappa shape index (κ1) is 12.0. The smallest absolute Gasteiger partial charge is 0.301 e. The van der Waals surface area contributed by atoms with Gasteiger partial charge < -0.3 is 4.90 Å². The average molecular weight is 249 g/mol. The average Bonchev–Trinajstić information content (AvgIpc) is 2.15.